The number of aliphatic hydroxyl groups is 1. The fourth-order valence-electron chi connectivity index (χ4n) is 1.57. The Morgan fingerprint density at radius 1 is 1.56 bits per heavy atom. The first-order valence-corrected chi connectivity index (χ1v) is 6.09. The number of quaternary nitrogens is 1. The summed E-state index contributed by atoms with van der Waals surface area (Å²) in [6.45, 7) is -0.273. The smallest absolute Gasteiger partial charge is 0.445 e. The minimum absolute atomic E-state index is 0.00420. The van der Waals surface area contributed by atoms with E-state index in [-0.39, 0.29) is 30.6 Å². The minimum atomic E-state index is -4.65. The monoisotopic (exact) mass is 304 g/mol. The van der Waals surface area contributed by atoms with Crippen LogP contribution in [0.2, 0.25) is 0 Å². The van der Waals surface area contributed by atoms with Crippen molar-refractivity contribution >= 4 is 28.1 Å². The van der Waals surface area contributed by atoms with E-state index < -0.39 is 27.2 Å². The summed E-state index contributed by atoms with van der Waals surface area (Å²) < 4.78 is 35.7. The lowest BCUT2D eigenvalue weighted by Gasteiger charge is -2.36. The second kappa shape index (κ2) is 4.54. The zero-order valence-electron chi connectivity index (χ0n) is 8.76. The first-order valence-electron chi connectivity index (χ1n) is 4.74. The SMILES string of the molecule is [O-][N+]1(c2nnc(C(F)(F)F)s2)CN(CCl)CC1O. The molecule has 0 spiro atoms. The van der Waals surface area contributed by atoms with Gasteiger partial charge in [-0.05, 0) is 11.3 Å². The van der Waals surface area contributed by atoms with Gasteiger partial charge in [0.2, 0.25) is 11.2 Å². The molecule has 0 radical (unpaired) electrons. The van der Waals surface area contributed by atoms with E-state index in [9.17, 15) is 23.5 Å². The van der Waals surface area contributed by atoms with Crippen molar-refractivity contribution in [3.63, 3.8) is 0 Å². The maximum atomic E-state index is 12.4. The average molecular weight is 305 g/mol. The Bertz CT molecular complexity index is 445. The molecule has 1 aliphatic heterocycles. The molecule has 2 unspecified atom stereocenters. The Morgan fingerprint density at radius 3 is 2.67 bits per heavy atom. The van der Waals surface area contributed by atoms with Crippen LogP contribution in [0.1, 0.15) is 5.01 Å². The topological polar surface area (TPSA) is 72.3 Å². The van der Waals surface area contributed by atoms with Gasteiger partial charge in [0.05, 0.1) is 12.5 Å². The molecule has 18 heavy (non-hydrogen) atoms. The van der Waals surface area contributed by atoms with Gasteiger partial charge >= 0.3 is 11.3 Å². The molecular formula is C7H8ClF3N4O2S. The molecule has 1 fully saturated rings. The number of halogens is 4. The van der Waals surface area contributed by atoms with Crippen LogP contribution in [0.4, 0.5) is 18.3 Å². The lowest BCUT2D eigenvalue weighted by Crippen LogP contribution is -2.48. The zero-order valence-corrected chi connectivity index (χ0v) is 10.3. The van der Waals surface area contributed by atoms with Gasteiger partial charge in [0.25, 0.3) is 0 Å². The highest BCUT2D eigenvalue weighted by Crippen LogP contribution is 2.38. The zero-order chi connectivity index (χ0) is 13.6. The molecule has 0 bridgehead atoms. The van der Waals surface area contributed by atoms with Crippen molar-refractivity contribution in [1.29, 1.82) is 0 Å². The third-order valence-corrected chi connectivity index (χ3v) is 3.88. The lowest BCUT2D eigenvalue weighted by molar-refractivity contribution is -0.138. The van der Waals surface area contributed by atoms with Gasteiger partial charge in [-0.1, -0.05) is 5.10 Å². The molecule has 11 heteroatoms. The second-order valence-electron chi connectivity index (χ2n) is 3.78. The van der Waals surface area contributed by atoms with Crippen molar-refractivity contribution in [2.75, 3.05) is 19.2 Å². The molecule has 0 saturated carbocycles. The maximum absolute atomic E-state index is 12.4. The number of aromatic nitrogens is 2. The molecule has 2 rings (SSSR count). The summed E-state index contributed by atoms with van der Waals surface area (Å²) in [6, 6.07) is 0.00420. The number of hydrogen-bond acceptors (Lipinski definition) is 6. The summed E-state index contributed by atoms with van der Waals surface area (Å²) in [5.74, 6) is 0. The first-order chi connectivity index (χ1) is 8.27. The molecule has 2 atom stereocenters. The highest BCUT2D eigenvalue weighted by Gasteiger charge is 2.45. The third kappa shape index (κ3) is 2.31. The van der Waals surface area contributed by atoms with Gasteiger partial charge in [-0.2, -0.15) is 13.2 Å². The molecule has 0 aliphatic carbocycles. The molecule has 102 valence electrons. The summed E-state index contributed by atoms with van der Waals surface area (Å²) in [4.78, 5) is 1.41. The van der Waals surface area contributed by atoms with E-state index in [0.717, 1.165) is 0 Å². The van der Waals surface area contributed by atoms with Crippen LogP contribution < -0.4 is 4.65 Å². The number of alkyl halides is 4. The number of aliphatic hydroxyl groups excluding tert-OH is 1. The van der Waals surface area contributed by atoms with Crippen LogP contribution in [0, 0.1) is 5.21 Å². The Kier molecular flexibility index (Phi) is 3.51. The Labute approximate surface area is 108 Å². The van der Waals surface area contributed by atoms with Crippen LogP contribution in [0.3, 0.4) is 0 Å². The summed E-state index contributed by atoms with van der Waals surface area (Å²) in [5, 5.41) is 26.4. The van der Waals surface area contributed by atoms with E-state index in [1.807, 2.05) is 0 Å². The van der Waals surface area contributed by atoms with Crippen LogP contribution in [-0.2, 0) is 6.18 Å². The van der Waals surface area contributed by atoms with Crippen LogP contribution in [0.25, 0.3) is 0 Å². The van der Waals surface area contributed by atoms with Crippen molar-refractivity contribution in [2.45, 2.75) is 12.4 Å². The van der Waals surface area contributed by atoms with Crippen LogP contribution >= 0.6 is 22.9 Å². The van der Waals surface area contributed by atoms with Crippen molar-refractivity contribution in [1.82, 2.24) is 19.7 Å². The quantitative estimate of drug-likeness (QED) is 0.384. The van der Waals surface area contributed by atoms with E-state index in [4.69, 9.17) is 11.6 Å². The molecule has 1 aliphatic rings. The molecular weight excluding hydrogens is 297 g/mol. The normalized spacial score (nSPS) is 30.0. The number of hydrogen-bond donors (Lipinski definition) is 1. The molecule has 1 aromatic heterocycles. The molecule has 0 amide bonds. The fourth-order valence-corrected chi connectivity index (χ4v) is 2.53. The summed E-state index contributed by atoms with van der Waals surface area (Å²) in [6.07, 6.45) is -6.07. The van der Waals surface area contributed by atoms with E-state index >= 15 is 0 Å². The highest BCUT2D eigenvalue weighted by molar-refractivity contribution is 7.15. The number of nitrogens with zero attached hydrogens (tertiary/aromatic N) is 4. The lowest BCUT2D eigenvalue weighted by atomic mass is 10.5. The van der Waals surface area contributed by atoms with Crippen molar-refractivity contribution < 1.29 is 18.3 Å². The molecule has 1 N–H and O–H groups in total. The molecule has 6 nitrogen and oxygen atoms in total. The van der Waals surface area contributed by atoms with E-state index in [1.54, 1.807) is 0 Å². The van der Waals surface area contributed by atoms with Crippen LogP contribution in [-0.4, -0.2) is 45.6 Å². The van der Waals surface area contributed by atoms with Gasteiger partial charge in [-0.3, -0.25) is 4.65 Å². The highest BCUT2D eigenvalue weighted by atomic mass is 35.5. The molecule has 1 saturated heterocycles. The van der Waals surface area contributed by atoms with E-state index in [0.29, 0.717) is 0 Å². The Hall–Kier alpha value is -0.520. The third-order valence-electron chi connectivity index (χ3n) is 2.46. The van der Waals surface area contributed by atoms with Crippen LogP contribution in [0.15, 0.2) is 0 Å². The van der Waals surface area contributed by atoms with Gasteiger partial charge < -0.3 is 10.3 Å². The van der Waals surface area contributed by atoms with Gasteiger partial charge in [0.1, 0.15) is 6.67 Å². The van der Waals surface area contributed by atoms with Gasteiger partial charge in [-0.25, -0.2) is 4.90 Å². The fraction of sp³-hybridized carbons (Fsp3) is 0.714. The summed E-state index contributed by atoms with van der Waals surface area (Å²) in [5.41, 5.74) is 0. The number of rotatable bonds is 2. The maximum Gasteiger partial charge on any atom is 0.445 e. The second-order valence-corrected chi connectivity index (χ2v) is 4.97. The molecule has 1 aromatic rings. The molecule has 0 aromatic carbocycles. The van der Waals surface area contributed by atoms with E-state index in [1.165, 1.54) is 4.90 Å². The van der Waals surface area contributed by atoms with Crippen molar-refractivity contribution in [2.24, 2.45) is 0 Å². The predicted molar refractivity (Wildman–Crippen MR) is 58.4 cm³/mol. The summed E-state index contributed by atoms with van der Waals surface area (Å²) >= 11 is 5.65. The minimum Gasteiger partial charge on any atom is -0.623 e. The standard InChI is InChI=1S/C7H8ClF3N4O2S/c8-2-14-1-4(16)15(17,3-14)6-13-12-5(18-6)7(9,10)11/h4,16H,1-3H2. The Balaban J connectivity index is 2.28. The first kappa shape index (κ1) is 13.9. The van der Waals surface area contributed by atoms with E-state index in [2.05, 4.69) is 10.2 Å². The molecule has 2 heterocycles. The Morgan fingerprint density at radius 2 is 2.22 bits per heavy atom. The summed E-state index contributed by atoms with van der Waals surface area (Å²) in [7, 11) is 0. The van der Waals surface area contributed by atoms with Gasteiger partial charge in [0, 0.05) is 0 Å². The van der Waals surface area contributed by atoms with Gasteiger partial charge in [-0.15, -0.1) is 16.7 Å². The van der Waals surface area contributed by atoms with Gasteiger partial charge in [0.15, 0.2) is 0 Å². The largest absolute Gasteiger partial charge is 0.623 e. The van der Waals surface area contributed by atoms with Crippen molar-refractivity contribution in [3.8, 4) is 0 Å². The number of β-amino-alcohol motifs (C(OH)–C–C–N with tert-alkyl or cyclic N) is 1. The predicted octanol–water partition coefficient (Wildman–Crippen LogP) is 1.15. The van der Waals surface area contributed by atoms with Crippen molar-refractivity contribution in [3.05, 3.63) is 10.2 Å². The number of hydroxylamine groups is 2. The van der Waals surface area contributed by atoms with Crippen LogP contribution in [0.5, 0.6) is 0 Å². The average Bonchev–Trinajstić information content (AvgIpc) is 2.85.